The van der Waals surface area contributed by atoms with Crippen LogP contribution in [-0.2, 0) is 0 Å². The minimum atomic E-state index is 0.403. The Morgan fingerprint density at radius 3 is 2.35 bits per heavy atom. The van der Waals surface area contributed by atoms with Crippen LogP contribution in [-0.4, -0.2) is 6.29 Å². The summed E-state index contributed by atoms with van der Waals surface area (Å²) in [6.45, 7) is 8.31. The molecule has 0 unspecified atom stereocenters. The fourth-order valence-electron chi connectivity index (χ4n) is 2.19. The Morgan fingerprint density at radius 2 is 1.75 bits per heavy atom. The van der Waals surface area contributed by atoms with Crippen molar-refractivity contribution in [2.24, 2.45) is 0 Å². The number of aldehydes is 1. The molecule has 0 aliphatic rings. The second-order valence-electron chi connectivity index (χ2n) is 5.44. The van der Waals surface area contributed by atoms with Gasteiger partial charge < -0.3 is 4.74 Å². The van der Waals surface area contributed by atoms with Crippen molar-refractivity contribution in [3.63, 3.8) is 0 Å². The van der Waals surface area contributed by atoms with Gasteiger partial charge in [0.1, 0.15) is 17.8 Å². The molecule has 0 heterocycles. The number of hydrogen-bond acceptors (Lipinski definition) is 2. The molecule has 0 fully saturated rings. The summed E-state index contributed by atoms with van der Waals surface area (Å²) in [5.41, 5.74) is 4.00. The zero-order valence-corrected chi connectivity index (χ0v) is 12.4. The number of carbonyl (C=O) groups is 1. The first-order chi connectivity index (χ1) is 9.51. The molecule has 20 heavy (non-hydrogen) atoms. The minimum absolute atomic E-state index is 0.403. The standard InChI is InChI=1S/C18H20O2/c1-12(2)16-7-5-13(3)9-18(16)20-17-8-6-15(11-19)10-14(17)4/h5-12H,1-4H3. The van der Waals surface area contributed by atoms with Crippen LogP contribution in [0.15, 0.2) is 36.4 Å². The van der Waals surface area contributed by atoms with Crippen molar-refractivity contribution < 1.29 is 9.53 Å². The molecule has 2 heteroatoms. The lowest BCUT2D eigenvalue weighted by molar-refractivity contribution is 0.112. The van der Waals surface area contributed by atoms with Gasteiger partial charge in [0.25, 0.3) is 0 Å². The van der Waals surface area contributed by atoms with Gasteiger partial charge in [-0.3, -0.25) is 4.79 Å². The highest BCUT2D eigenvalue weighted by Crippen LogP contribution is 2.33. The lowest BCUT2D eigenvalue weighted by atomic mass is 10.0. The molecule has 0 bridgehead atoms. The molecule has 0 radical (unpaired) electrons. The van der Waals surface area contributed by atoms with Crippen LogP contribution in [0, 0.1) is 13.8 Å². The number of carbonyl (C=O) groups excluding carboxylic acids is 1. The van der Waals surface area contributed by atoms with E-state index in [1.807, 2.05) is 19.1 Å². The SMILES string of the molecule is Cc1ccc(C(C)C)c(Oc2ccc(C=O)cc2C)c1. The van der Waals surface area contributed by atoms with Gasteiger partial charge in [0.2, 0.25) is 0 Å². The molecular formula is C18H20O2. The van der Waals surface area contributed by atoms with Gasteiger partial charge in [0.05, 0.1) is 0 Å². The summed E-state index contributed by atoms with van der Waals surface area (Å²) in [6.07, 6.45) is 0.850. The summed E-state index contributed by atoms with van der Waals surface area (Å²) >= 11 is 0. The molecule has 0 saturated heterocycles. The van der Waals surface area contributed by atoms with Crippen LogP contribution in [0.3, 0.4) is 0 Å². The van der Waals surface area contributed by atoms with Crippen LogP contribution < -0.4 is 4.74 Å². The second-order valence-corrected chi connectivity index (χ2v) is 5.44. The molecule has 104 valence electrons. The first kappa shape index (κ1) is 14.3. The Labute approximate surface area is 120 Å². The summed E-state index contributed by atoms with van der Waals surface area (Å²) in [5.74, 6) is 2.09. The monoisotopic (exact) mass is 268 g/mol. The van der Waals surface area contributed by atoms with Gasteiger partial charge in [-0.05, 0) is 60.7 Å². The Morgan fingerprint density at radius 1 is 1.00 bits per heavy atom. The van der Waals surface area contributed by atoms with E-state index in [4.69, 9.17) is 4.74 Å². The van der Waals surface area contributed by atoms with Crippen molar-refractivity contribution in [2.75, 3.05) is 0 Å². The van der Waals surface area contributed by atoms with Gasteiger partial charge in [0, 0.05) is 5.56 Å². The number of aryl methyl sites for hydroxylation is 2. The van der Waals surface area contributed by atoms with E-state index in [-0.39, 0.29) is 0 Å². The van der Waals surface area contributed by atoms with Gasteiger partial charge in [0.15, 0.2) is 0 Å². The third kappa shape index (κ3) is 3.08. The molecule has 0 saturated carbocycles. The van der Waals surface area contributed by atoms with Crippen molar-refractivity contribution in [1.82, 2.24) is 0 Å². The number of rotatable bonds is 4. The lowest BCUT2D eigenvalue weighted by Crippen LogP contribution is -1.96. The molecular weight excluding hydrogens is 248 g/mol. The third-order valence-corrected chi connectivity index (χ3v) is 3.35. The largest absolute Gasteiger partial charge is 0.457 e. The molecule has 2 aromatic carbocycles. The smallest absolute Gasteiger partial charge is 0.150 e. The van der Waals surface area contributed by atoms with Gasteiger partial charge >= 0.3 is 0 Å². The fraction of sp³-hybridized carbons (Fsp3) is 0.278. The van der Waals surface area contributed by atoms with Crippen molar-refractivity contribution in [3.8, 4) is 11.5 Å². The van der Waals surface area contributed by atoms with Crippen LogP contribution in [0.25, 0.3) is 0 Å². The average molecular weight is 268 g/mol. The molecule has 0 N–H and O–H groups in total. The lowest BCUT2D eigenvalue weighted by Gasteiger charge is -2.16. The first-order valence-corrected chi connectivity index (χ1v) is 6.85. The van der Waals surface area contributed by atoms with E-state index in [0.29, 0.717) is 11.5 Å². The zero-order valence-electron chi connectivity index (χ0n) is 12.4. The fourth-order valence-corrected chi connectivity index (χ4v) is 2.19. The number of ether oxygens (including phenoxy) is 1. The zero-order chi connectivity index (χ0) is 14.7. The van der Waals surface area contributed by atoms with Crippen LogP contribution in [0.2, 0.25) is 0 Å². The van der Waals surface area contributed by atoms with Crippen LogP contribution in [0.4, 0.5) is 0 Å². The van der Waals surface area contributed by atoms with E-state index in [9.17, 15) is 4.79 Å². The molecule has 0 atom stereocenters. The van der Waals surface area contributed by atoms with Crippen molar-refractivity contribution in [3.05, 3.63) is 58.7 Å². The Balaban J connectivity index is 2.39. The Bertz CT molecular complexity index is 627. The van der Waals surface area contributed by atoms with Crippen molar-refractivity contribution in [2.45, 2.75) is 33.6 Å². The molecule has 0 aromatic heterocycles. The first-order valence-electron chi connectivity index (χ1n) is 6.85. The highest BCUT2D eigenvalue weighted by atomic mass is 16.5. The van der Waals surface area contributed by atoms with Gasteiger partial charge in [-0.25, -0.2) is 0 Å². The van der Waals surface area contributed by atoms with Crippen LogP contribution in [0.5, 0.6) is 11.5 Å². The van der Waals surface area contributed by atoms with Crippen LogP contribution >= 0.6 is 0 Å². The van der Waals surface area contributed by atoms with Gasteiger partial charge in [-0.2, -0.15) is 0 Å². The minimum Gasteiger partial charge on any atom is -0.457 e. The average Bonchev–Trinajstić information content (AvgIpc) is 2.40. The Kier molecular flexibility index (Phi) is 4.23. The van der Waals surface area contributed by atoms with E-state index in [2.05, 4.69) is 39.0 Å². The van der Waals surface area contributed by atoms with Gasteiger partial charge in [-0.1, -0.05) is 26.0 Å². The highest BCUT2D eigenvalue weighted by molar-refractivity contribution is 5.75. The summed E-state index contributed by atoms with van der Waals surface area (Å²) < 4.78 is 6.07. The quantitative estimate of drug-likeness (QED) is 0.727. The normalized spacial score (nSPS) is 10.7. The molecule has 0 spiro atoms. The predicted octanol–water partition coefficient (Wildman–Crippen LogP) is 5.03. The molecule has 0 aliphatic heterocycles. The van der Waals surface area contributed by atoms with Crippen molar-refractivity contribution in [1.29, 1.82) is 0 Å². The highest BCUT2D eigenvalue weighted by Gasteiger charge is 2.10. The van der Waals surface area contributed by atoms with Crippen LogP contribution in [0.1, 0.15) is 46.8 Å². The van der Waals surface area contributed by atoms with E-state index in [0.717, 1.165) is 23.3 Å². The predicted molar refractivity (Wildman–Crippen MR) is 81.9 cm³/mol. The maximum absolute atomic E-state index is 10.8. The molecule has 2 nitrogen and oxygen atoms in total. The van der Waals surface area contributed by atoms with Gasteiger partial charge in [-0.15, -0.1) is 0 Å². The van der Waals surface area contributed by atoms with E-state index >= 15 is 0 Å². The number of hydrogen-bond donors (Lipinski definition) is 0. The maximum atomic E-state index is 10.8. The van der Waals surface area contributed by atoms with E-state index in [1.54, 1.807) is 6.07 Å². The molecule has 0 amide bonds. The molecule has 2 rings (SSSR count). The summed E-state index contributed by atoms with van der Waals surface area (Å²) in [7, 11) is 0. The molecule has 0 aliphatic carbocycles. The summed E-state index contributed by atoms with van der Waals surface area (Å²) in [6, 6.07) is 11.7. The topological polar surface area (TPSA) is 26.3 Å². The Hall–Kier alpha value is -2.09. The van der Waals surface area contributed by atoms with E-state index in [1.165, 1.54) is 11.1 Å². The maximum Gasteiger partial charge on any atom is 0.150 e. The third-order valence-electron chi connectivity index (χ3n) is 3.35. The molecule has 2 aromatic rings. The van der Waals surface area contributed by atoms with E-state index < -0.39 is 0 Å². The van der Waals surface area contributed by atoms with Crippen molar-refractivity contribution >= 4 is 6.29 Å². The summed E-state index contributed by atoms with van der Waals surface area (Å²) in [5, 5.41) is 0. The summed E-state index contributed by atoms with van der Waals surface area (Å²) in [4.78, 5) is 10.8. The second kappa shape index (κ2) is 5.91. The number of benzene rings is 2.